The number of nitrogen functional groups attached to an aromatic ring is 1. The van der Waals surface area contributed by atoms with E-state index < -0.39 is 5.91 Å². The zero-order valence-electron chi connectivity index (χ0n) is 12.9. The molecular weight excluding hydrogens is 300 g/mol. The number of nitrogens with zero attached hydrogens (tertiary/aromatic N) is 6. The third kappa shape index (κ3) is 2.33. The zero-order valence-corrected chi connectivity index (χ0v) is 12.9. The molecule has 0 aliphatic rings. The van der Waals surface area contributed by atoms with Gasteiger partial charge in [0.1, 0.15) is 0 Å². The molecule has 3 aromatic rings. The second-order valence-corrected chi connectivity index (χ2v) is 5.18. The number of fused-ring (bicyclic) bond motifs is 1. The minimum absolute atomic E-state index is 0.0994. The Balaban J connectivity index is 1.83. The molecule has 23 heavy (non-hydrogen) atoms. The Kier molecular flexibility index (Phi) is 3.36. The van der Waals surface area contributed by atoms with E-state index in [1.807, 2.05) is 0 Å². The average Bonchev–Trinajstić information content (AvgIpc) is 3.05. The van der Waals surface area contributed by atoms with Crippen molar-refractivity contribution in [3.05, 3.63) is 40.0 Å². The van der Waals surface area contributed by atoms with Crippen LogP contribution in [0.3, 0.4) is 0 Å². The van der Waals surface area contributed by atoms with E-state index in [1.165, 1.54) is 8.97 Å². The van der Waals surface area contributed by atoms with Gasteiger partial charge in [0.15, 0.2) is 11.5 Å². The number of aromatic nitrogens is 6. The molecule has 0 aromatic carbocycles. The summed E-state index contributed by atoms with van der Waals surface area (Å²) in [6.45, 7) is 1.88. The molecule has 10 heteroatoms. The van der Waals surface area contributed by atoms with E-state index in [0.717, 1.165) is 0 Å². The highest BCUT2D eigenvalue weighted by molar-refractivity contribution is 5.97. The maximum Gasteiger partial charge on any atom is 0.295 e. The Hall–Kier alpha value is -3.17. The van der Waals surface area contributed by atoms with Gasteiger partial charge in [-0.05, 0) is 6.92 Å². The van der Waals surface area contributed by atoms with E-state index in [0.29, 0.717) is 17.2 Å². The first kappa shape index (κ1) is 14.8. The van der Waals surface area contributed by atoms with Crippen LogP contribution < -0.4 is 16.6 Å². The van der Waals surface area contributed by atoms with Gasteiger partial charge in [-0.2, -0.15) is 5.10 Å². The molecule has 0 aliphatic heterocycles. The lowest BCUT2D eigenvalue weighted by atomic mass is 10.3. The number of amides is 1. The summed E-state index contributed by atoms with van der Waals surface area (Å²) in [6.07, 6.45) is 3.27. The van der Waals surface area contributed by atoms with Crippen LogP contribution in [0.1, 0.15) is 22.0 Å². The van der Waals surface area contributed by atoms with Crippen molar-refractivity contribution in [3.8, 4) is 0 Å². The Morgan fingerprint density at radius 1 is 1.30 bits per heavy atom. The van der Waals surface area contributed by atoms with Crippen LogP contribution in [0.4, 0.5) is 5.69 Å². The lowest BCUT2D eigenvalue weighted by molar-refractivity contribution is 0.0945. The van der Waals surface area contributed by atoms with Crippen molar-refractivity contribution in [1.29, 1.82) is 0 Å². The van der Waals surface area contributed by atoms with Gasteiger partial charge in [0, 0.05) is 26.5 Å². The summed E-state index contributed by atoms with van der Waals surface area (Å²) >= 11 is 0. The van der Waals surface area contributed by atoms with Gasteiger partial charge in [-0.25, -0.2) is 0 Å². The molecule has 1 amide bonds. The quantitative estimate of drug-likeness (QED) is 0.637. The molecule has 0 saturated carbocycles. The van der Waals surface area contributed by atoms with Gasteiger partial charge in [-0.3, -0.25) is 18.7 Å². The number of nitrogens with two attached hydrogens (primary N) is 1. The van der Waals surface area contributed by atoms with E-state index in [9.17, 15) is 9.59 Å². The summed E-state index contributed by atoms with van der Waals surface area (Å²) in [5.41, 5.74) is 7.01. The zero-order chi connectivity index (χ0) is 16.7. The number of anilines is 1. The number of hydrogen-bond acceptors (Lipinski definition) is 6. The lowest BCUT2D eigenvalue weighted by Gasteiger charge is -2.03. The fourth-order valence-corrected chi connectivity index (χ4v) is 2.17. The fraction of sp³-hybridized carbons (Fsp3) is 0.308. The number of aryl methyl sites for hydroxylation is 2. The monoisotopic (exact) mass is 316 g/mol. The molecule has 0 aliphatic carbocycles. The molecule has 0 radical (unpaired) electrons. The van der Waals surface area contributed by atoms with Crippen molar-refractivity contribution >= 4 is 17.2 Å². The molecule has 120 valence electrons. The van der Waals surface area contributed by atoms with Gasteiger partial charge < -0.3 is 15.6 Å². The maximum absolute atomic E-state index is 12.2. The minimum atomic E-state index is -0.410. The highest BCUT2D eigenvalue weighted by Crippen LogP contribution is 2.14. The van der Waals surface area contributed by atoms with E-state index in [1.54, 1.807) is 38.1 Å². The van der Waals surface area contributed by atoms with Gasteiger partial charge in [0.2, 0.25) is 5.65 Å². The fourth-order valence-electron chi connectivity index (χ4n) is 2.17. The Bertz CT molecular complexity index is 964. The normalized spacial score (nSPS) is 11.1. The maximum atomic E-state index is 12.2. The van der Waals surface area contributed by atoms with Crippen molar-refractivity contribution in [3.63, 3.8) is 0 Å². The van der Waals surface area contributed by atoms with Crippen molar-refractivity contribution in [2.75, 3.05) is 5.73 Å². The molecule has 3 rings (SSSR count). The van der Waals surface area contributed by atoms with E-state index in [4.69, 9.17) is 5.73 Å². The number of carbonyl (C=O) groups excluding carboxylic acids is 1. The van der Waals surface area contributed by atoms with Crippen LogP contribution >= 0.6 is 0 Å². The Labute approximate surface area is 130 Å². The molecule has 3 N–H and O–H groups in total. The molecule has 0 spiro atoms. The first-order valence-electron chi connectivity index (χ1n) is 6.86. The van der Waals surface area contributed by atoms with E-state index >= 15 is 0 Å². The molecule has 3 aromatic heterocycles. The summed E-state index contributed by atoms with van der Waals surface area (Å²) < 4.78 is 4.49. The Morgan fingerprint density at radius 3 is 2.70 bits per heavy atom. The molecule has 0 atom stereocenters. The number of hydrogen-bond donors (Lipinski definition) is 2. The van der Waals surface area contributed by atoms with Crippen LogP contribution in [-0.2, 0) is 20.6 Å². The SMILES string of the molecule is Cc1c(N)c(C(=O)NCc2nnc3c(=O)n(C)ccn23)nn1C. The summed E-state index contributed by atoms with van der Waals surface area (Å²) in [7, 11) is 3.34. The predicted molar refractivity (Wildman–Crippen MR) is 81.8 cm³/mol. The highest BCUT2D eigenvalue weighted by Gasteiger charge is 2.18. The van der Waals surface area contributed by atoms with Gasteiger partial charge in [-0.1, -0.05) is 0 Å². The summed E-state index contributed by atoms with van der Waals surface area (Å²) in [4.78, 5) is 24.1. The third-order valence-corrected chi connectivity index (χ3v) is 3.72. The second-order valence-electron chi connectivity index (χ2n) is 5.18. The second kappa shape index (κ2) is 5.23. The largest absolute Gasteiger partial charge is 0.395 e. The number of carbonyl (C=O) groups is 1. The molecule has 0 bridgehead atoms. The van der Waals surface area contributed by atoms with Crippen molar-refractivity contribution < 1.29 is 4.79 Å². The Morgan fingerprint density at radius 2 is 2.04 bits per heavy atom. The van der Waals surface area contributed by atoms with Gasteiger partial charge in [0.05, 0.1) is 17.9 Å². The molecule has 0 unspecified atom stereocenters. The number of nitrogens with one attached hydrogen (secondary N) is 1. The van der Waals surface area contributed by atoms with Crippen molar-refractivity contribution in [2.45, 2.75) is 13.5 Å². The lowest BCUT2D eigenvalue weighted by Crippen LogP contribution is -2.26. The van der Waals surface area contributed by atoms with Crippen LogP contribution in [-0.4, -0.2) is 34.9 Å². The molecule has 3 heterocycles. The van der Waals surface area contributed by atoms with Gasteiger partial charge in [0.25, 0.3) is 11.5 Å². The van der Waals surface area contributed by atoms with Crippen molar-refractivity contribution in [2.24, 2.45) is 14.1 Å². The topological polar surface area (TPSA) is 125 Å². The molecule has 10 nitrogen and oxygen atoms in total. The smallest absolute Gasteiger partial charge is 0.295 e. The average molecular weight is 316 g/mol. The minimum Gasteiger partial charge on any atom is -0.395 e. The first-order valence-corrected chi connectivity index (χ1v) is 6.86. The van der Waals surface area contributed by atoms with E-state index in [2.05, 4.69) is 20.6 Å². The number of rotatable bonds is 3. The predicted octanol–water partition coefficient (Wildman–Crippen LogP) is -1.02. The molecular formula is C13H16N8O2. The molecule has 0 saturated heterocycles. The summed E-state index contributed by atoms with van der Waals surface area (Å²) in [5.74, 6) is 0.0315. The standard InChI is InChI=1S/C13H16N8O2/c1-7-9(14)10(18-20(7)3)12(22)15-6-8-16-17-11-13(23)19(2)4-5-21(8)11/h4-5H,6,14H2,1-3H3,(H,15,22). The van der Waals surface area contributed by atoms with Gasteiger partial charge >= 0.3 is 0 Å². The highest BCUT2D eigenvalue weighted by atomic mass is 16.2. The van der Waals surface area contributed by atoms with Crippen LogP contribution in [0.5, 0.6) is 0 Å². The molecule has 0 fully saturated rings. The van der Waals surface area contributed by atoms with Crippen molar-refractivity contribution in [1.82, 2.24) is 34.3 Å². The van der Waals surface area contributed by atoms with Crippen LogP contribution in [0.15, 0.2) is 17.2 Å². The first-order chi connectivity index (χ1) is 10.9. The van der Waals surface area contributed by atoms with Crippen LogP contribution in [0.2, 0.25) is 0 Å². The van der Waals surface area contributed by atoms with Gasteiger partial charge in [-0.15, -0.1) is 10.2 Å². The summed E-state index contributed by atoms with van der Waals surface area (Å²) in [6, 6.07) is 0. The van der Waals surface area contributed by atoms with Crippen LogP contribution in [0, 0.1) is 6.92 Å². The van der Waals surface area contributed by atoms with E-state index in [-0.39, 0.29) is 23.4 Å². The van der Waals surface area contributed by atoms with Crippen LogP contribution in [0.25, 0.3) is 5.65 Å². The third-order valence-electron chi connectivity index (χ3n) is 3.72. The summed E-state index contributed by atoms with van der Waals surface area (Å²) in [5, 5.41) is 14.5.